The molecule has 1 unspecified atom stereocenters. The van der Waals surface area contributed by atoms with E-state index < -0.39 is 0 Å². The number of carbonyl (C=O) groups excluding carboxylic acids is 1. The molecule has 2 aromatic heterocycles. The molecule has 0 saturated carbocycles. The Labute approximate surface area is 163 Å². The van der Waals surface area contributed by atoms with E-state index in [2.05, 4.69) is 15.3 Å². The molecule has 0 fully saturated rings. The van der Waals surface area contributed by atoms with Gasteiger partial charge in [-0.1, -0.05) is 30.3 Å². The molecule has 1 atom stereocenters. The third-order valence-electron chi connectivity index (χ3n) is 4.61. The third kappa shape index (κ3) is 3.83. The number of amides is 1. The molecule has 28 heavy (non-hydrogen) atoms. The van der Waals surface area contributed by atoms with Gasteiger partial charge in [0.2, 0.25) is 0 Å². The molecule has 0 aliphatic carbocycles. The highest BCUT2D eigenvalue weighted by Gasteiger charge is 2.14. The van der Waals surface area contributed by atoms with Gasteiger partial charge in [0.25, 0.3) is 5.91 Å². The molecule has 0 spiro atoms. The van der Waals surface area contributed by atoms with Gasteiger partial charge in [0, 0.05) is 29.8 Å². The van der Waals surface area contributed by atoms with Gasteiger partial charge < -0.3 is 9.88 Å². The normalized spacial score (nSPS) is 11.8. The van der Waals surface area contributed by atoms with Crippen LogP contribution >= 0.6 is 0 Å². The van der Waals surface area contributed by atoms with Crippen molar-refractivity contribution in [3.8, 4) is 16.8 Å². The van der Waals surface area contributed by atoms with Gasteiger partial charge >= 0.3 is 0 Å². The highest BCUT2D eigenvalue weighted by molar-refractivity contribution is 5.94. The fourth-order valence-electron chi connectivity index (χ4n) is 3.02. The highest BCUT2D eigenvalue weighted by atomic mass is 16.1. The standard InChI is InChI=1S/C23H20N4O/c1-17(22-15-27(16-25-22)21-5-3-2-4-6-21)26-23(28)20-9-7-18(8-10-20)19-11-13-24-14-12-19/h2-17H,1H3,(H,26,28). The molecule has 2 heterocycles. The van der Waals surface area contributed by atoms with Crippen LogP contribution in [0.15, 0.2) is 91.6 Å². The van der Waals surface area contributed by atoms with Crippen LogP contribution in [0.5, 0.6) is 0 Å². The first-order valence-electron chi connectivity index (χ1n) is 9.11. The molecule has 4 aromatic rings. The Morgan fingerprint density at radius 2 is 1.61 bits per heavy atom. The van der Waals surface area contributed by atoms with Gasteiger partial charge in [-0.15, -0.1) is 0 Å². The van der Waals surface area contributed by atoms with Crippen LogP contribution in [-0.4, -0.2) is 20.4 Å². The molecule has 2 aromatic carbocycles. The first-order valence-corrected chi connectivity index (χ1v) is 9.11. The number of nitrogens with zero attached hydrogens (tertiary/aromatic N) is 3. The van der Waals surface area contributed by atoms with Crippen molar-refractivity contribution in [2.24, 2.45) is 0 Å². The Hall–Kier alpha value is -3.73. The van der Waals surface area contributed by atoms with Crippen molar-refractivity contribution in [1.82, 2.24) is 19.9 Å². The Morgan fingerprint density at radius 1 is 0.929 bits per heavy atom. The van der Waals surface area contributed by atoms with Crippen LogP contribution in [0.1, 0.15) is 29.0 Å². The molecular formula is C23H20N4O. The molecule has 5 heteroatoms. The van der Waals surface area contributed by atoms with E-state index in [1.807, 2.05) is 84.4 Å². The van der Waals surface area contributed by atoms with Crippen LogP contribution in [0.3, 0.4) is 0 Å². The lowest BCUT2D eigenvalue weighted by atomic mass is 10.0. The van der Waals surface area contributed by atoms with E-state index in [1.165, 1.54) is 0 Å². The second-order valence-electron chi connectivity index (χ2n) is 6.55. The number of aromatic nitrogens is 3. The van der Waals surface area contributed by atoms with Gasteiger partial charge in [-0.2, -0.15) is 0 Å². The summed E-state index contributed by atoms with van der Waals surface area (Å²) >= 11 is 0. The topological polar surface area (TPSA) is 59.8 Å². The fourth-order valence-corrected chi connectivity index (χ4v) is 3.02. The van der Waals surface area contributed by atoms with Crippen molar-refractivity contribution in [2.45, 2.75) is 13.0 Å². The number of hydrogen-bond donors (Lipinski definition) is 1. The quantitative estimate of drug-likeness (QED) is 0.567. The van der Waals surface area contributed by atoms with E-state index >= 15 is 0 Å². The minimum Gasteiger partial charge on any atom is -0.344 e. The molecule has 4 rings (SSSR count). The molecule has 0 bridgehead atoms. The van der Waals surface area contributed by atoms with E-state index in [9.17, 15) is 4.79 Å². The van der Waals surface area contributed by atoms with E-state index in [4.69, 9.17) is 0 Å². The first-order chi connectivity index (χ1) is 13.7. The number of imidazole rings is 1. The van der Waals surface area contributed by atoms with Crippen LogP contribution < -0.4 is 5.32 Å². The average Bonchev–Trinajstić information content (AvgIpc) is 3.26. The van der Waals surface area contributed by atoms with E-state index in [1.54, 1.807) is 18.7 Å². The molecule has 0 aliphatic rings. The van der Waals surface area contributed by atoms with Crippen molar-refractivity contribution in [3.63, 3.8) is 0 Å². The van der Waals surface area contributed by atoms with Crippen LogP contribution in [0.2, 0.25) is 0 Å². The maximum atomic E-state index is 12.6. The lowest BCUT2D eigenvalue weighted by Crippen LogP contribution is -2.26. The molecule has 1 N–H and O–H groups in total. The van der Waals surface area contributed by atoms with Crippen molar-refractivity contribution in [3.05, 3.63) is 103 Å². The van der Waals surface area contributed by atoms with Crippen LogP contribution in [-0.2, 0) is 0 Å². The lowest BCUT2D eigenvalue weighted by Gasteiger charge is -2.12. The summed E-state index contributed by atoms with van der Waals surface area (Å²) < 4.78 is 1.95. The Balaban J connectivity index is 1.44. The van der Waals surface area contributed by atoms with Gasteiger partial charge in [-0.05, 0) is 54.4 Å². The maximum absolute atomic E-state index is 12.6. The second-order valence-corrected chi connectivity index (χ2v) is 6.55. The average molecular weight is 368 g/mol. The summed E-state index contributed by atoms with van der Waals surface area (Å²) in [5.74, 6) is -0.122. The van der Waals surface area contributed by atoms with E-state index in [-0.39, 0.29) is 11.9 Å². The monoisotopic (exact) mass is 368 g/mol. The summed E-state index contributed by atoms with van der Waals surface area (Å²) in [7, 11) is 0. The summed E-state index contributed by atoms with van der Waals surface area (Å²) in [5.41, 5.74) is 4.58. The SMILES string of the molecule is CC(NC(=O)c1ccc(-c2ccncc2)cc1)c1cn(-c2ccccc2)cn1. The zero-order valence-electron chi connectivity index (χ0n) is 15.5. The molecule has 5 nitrogen and oxygen atoms in total. The van der Waals surface area contributed by atoms with Crippen LogP contribution in [0.4, 0.5) is 0 Å². The number of benzene rings is 2. The van der Waals surface area contributed by atoms with Gasteiger partial charge in [0.15, 0.2) is 0 Å². The smallest absolute Gasteiger partial charge is 0.251 e. The molecule has 0 saturated heterocycles. The van der Waals surface area contributed by atoms with Crippen molar-refractivity contribution in [1.29, 1.82) is 0 Å². The number of nitrogens with one attached hydrogen (secondary N) is 1. The van der Waals surface area contributed by atoms with Gasteiger partial charge in [0.1, 0.15) is 0 Å². The third-order valence-corrected chi connectivity index (χ3v) is 4.61. The zero-order chi connectivity index (χ0) is 19.3. The zero-order valence-corrected chi connectivity index (χ0v) is 15.5. The molecule has 0 aliphatic heterocycles. The van der Waals surface area contributed by atoms with Crippen molar-refractivity contribution >= 4 is 5.91 Å². The van der Waals surface area contributed by atoms with E-state index in [0.717, 1.165) is 22.5 Å². The van der Waals surface area contributed by atoms with Gasteiger partial charge in [-0.25, -0.2) is 4.98 Å². The number of carbonyl (C=O) groups is 1. The number of hydrogen-bond acceptors (Lipinski definition) is 3. The Bertz CT molecular complexity index is 1060. The van der Waals surface area contributed by atoms with Crippen LogP contribution in [0, 0.1) is 0 Å². The minimum absolute atomic E-state index is 0.122. The number of para-hydroxylation sites is 1. The number of rotatable bonds is 5. The molecular weight excluding hydrogens is 348 g/mol. The summed E-state index contributed by atoms with van der Waals surface area (Å²) in [5, 5.41) is 3.01. The van der Waals surface area contributed by atoms with Crippen molar-refractivity contribution in [2.75, 3.05) is 0 Å². The van der Waals surface area contributed by atoms with Gasteiger partial charge in [-0.3, -0.25) is 9.78 Å². The summed E-state index contributed by atoms with van der Waals surface area (Å²) in [4.78, 5) is 21.1. The second kappa shape index (κ2) is 7.88. The number of pyridine rings is 1. The predicted molar refractivity (Wildman–Crippen MR) is 109 cm³/mol. The Kier molecular flexibility index (Phi) is 4.97. The van der Waals surface area contributed by atoms with Crippen molar-refractivity contribution < 1.29 is 4.79 Å². The molecule has 138 valence electrons. The predicted octanol–water partition coefficient (Wildman–Crippen LogP) is 4.43. The molecule has 0 radical (unpaired) electrons. The summed E-state index contributed by atoms with van der Waals surface area (Å²) in [6.07, 6.45) is 7.21. The minimum atomic E-state index is -0.197. The molecule has 1 amide bonds. The fraction of sp³-hybridized carbons (Fsp3) is 0.0870. The first kappa shape index (κ1) is 17.7. The Morgan fingerprint density at radius 3 is 2.32 bits per heavy atom. The van der Waals surface area contributed by atoms with Gasteiger partial charge in [0.05, 0.1) is 18.1 Å². The maximum Gasteiger partial charge on any atom is 0.251 e. The van der Waals surface area contributed by atoms with E-state index in [0.29, 0.717) is 5.56 Å². The summed E-state index contributed by atoms with van der Waals surface area (Å²) in [6.45, 7) is 1.93. The lowest BCUT2D eigenvalue weighted by molar-refractivity contribution is 0.0939. The summed E-state index contributed by atoms with van der Waals surface area (Å²) in [6, 6.07) is 21.2. The largest absolute Gasteiger partial charge is 0.344 e. The highest BCUT2D eigenvalue weighted by Crippen LogP contribution is 2.19. The van der Waals surface area contributed by atoms with Crippen LogP contribution in [0.25, 0.3) is 16.8 Å².